The molecular formula is C11H24N2O2S. The second kappa shape index (κ2) is 6.57. The Balaban J connectivity index is 2.64. The Morgan fingerprint density at radius 2 is 1.88 bits per heavy atom. The molecule has 4 nitrogen and oxygen atoms in total. The van der Waals surface area contributed by atoms with Crippen molar-refractivity contribution in [3.63, 3.8) is 0 Å². The average Bonchev–Trinajstić information content (AvgIpc) is 2.28. The molecule has 0 aromatic heterocycles. The first-order chi connectivity index (χ1) is 7.61. The van der Waals surface area contributed by atoms with E-state index in [1.165, 1.54) is 6.42 Å². The van der Waals surface area contributed by atoms with Crippen LogP contribution in [0.1, 0.15) is 45.4 Å². The number of hydrogen-bond acceptors (Lipinski definition) is 3. The van der Waals surface area contributed by atoms with Crippen molar-refractivity contribution in [2.75, 3.05) is 18.8 Å². The molecule has 0 unspecified atom stereocenters. The Morgan fingerprint density at radius 3 is 2.38 bits per heavy atom. The summed E-state index contributed by atoms with van der Waals surface area (Å²) in [4.78, 5) is 0. The van der Waals surface area contributed by atoms with Gasteiger partial charge >= 0.3 is 0 Å². The van der Waals surface area contributed by atoms with E-state index in [1.807, 2.05) is 6.92 Å². The number of sulfonamides is 1. The maximum atomic E-state index is 12.1. The largest absolute Gasteiger partial charge is 0.330 e. The number of nitrogens with zero attached hydrogens (tertiary/aromatic N) is 1. The quantitative estimate of drug-likeness (QED) is 0.771. The number of hydrogen-bond donors (Lipinski definition) is 1. The standard InChI is InChI=1S/C11H24N2O2S/c1-2-13(11-7-4-3-5-8-11)16(14,15)10-6-9-12/h11H,2-10,12H2,1H3. The van der Waals surface area contributed by atoms with Crippen LogP contribution in [0, 0.1) is 0 Å². The second-order valence-electron chi connectivity index (χ2n) is 4.45. The second-order valence-corrected chi connectivity index (χ2v) is 6.49. The molecule has 16 heavy (non-hydrogen) atoms. The molecule has 1 saturated carbocycles. The van der Waals surface area contributed by atoms with Gasteiger partial charge in [-0.25, -0.2) is 8.42 Å². The van der Waals surface area contributed by atoms with Gasteiger partial charge in [0.05, 0.1) is 5.75 Å². The molecule has 1 aliphatic carbocycles. The molecule has 1 rings (SSSR count). The zero-order chi connectivity index (χ0) is 12.0. The van der Waals surface area contributed by atoms with Crippen molar-refractivity contribution in [3.05, 3.63) is 0 Å². The van der Waals surface area contributed by atoms with Gasteiger partial charge in [-0.05, 0) is 25.8 Å². The zero-order valence-electron chi connectivity index (χ0n) is 10.2. The Bertz CT molecular complexity index is 284. The van der Waals surface area contributed by atoms with Crippen molar-refractivity contribution in [2.45, 2.75) is 51.5 Å². The Kier molecular flexibility index (Phi) is 5.72. The highest BCUT2D eigenvalue weighted by Crippen LogP contribution is 2.24. The lowest BCUT2D eigenvalue weighted by atomic mass is 9.95. The molecule has 0 radical (unpaired) electrons. The molecule has 0 aromatic carbocycles. The third-order valence-corrected chi connectivity index (χ3v) is 5.33. The fourth-order valence-electron chi connectivity index (χ4n) is 2.43. The summed E-state index contributed by atoms with van der Waals surface area (Å²) in [5, 5.41) is 0. The zero-order valence-corrected chi connectivity index (χ0v) is 11.0. The predicted molar refractivity (Wildman–Crippen MR) is 66.7 cm³/mol. The van der Waals surface area contributed by atoms with Gasteiger partial charge < -0.3 is 5.73 Å². The van der Waals surface area contributed by atoms with Crippen LogP contribution in [0.5, 0.6) is 0 Å². The molecule has 96 valence electrons. The van der Waals surface area contributed by atoms with Crippen molar-refractivity contribution in [1.29, 1.82) is 0 Å². The summed E-state index contributed by atoms with van der Waals surface area (Å²) in [6, 6.07) is 0.238. The molecule has 0 aliphatic heterocycles. The smallest absolute Gasteiger partial charge is 0.214 e. The van der Waals surface area contributed by atoms with Gasteiger partial charge in [0.15, 0.2) is 0 Å². The van der Waals surface area contributed by atoms with Crippen LogP contribution < -0.4 is 5.73 Å². The fourth-order valence-corrected chi connectivity index (χ4v) is 4.26. The van der Waals surface area contributed by atoms with E-state index in [0.29, 0.717) is 19.5 Å². The van der Waals surface area contributed by atoms with Gasteiger partial charge in [0.25, 0.3) is 0 Å². The fraction of sp³-hybridized carbons (Fsp3) is 1.00. The molecular weight excluding hydrogens is 224 g/mol. The molecule has 1 fully saturated rings. The van der Waals surface area contributed by atoms with Gasteiger partial charge in [-0.15, -0.1) is 0 Å². The highest BCUT2D eigenvalue weighted by molar-refractivity contribution is 7.89. The van der Waals surface area contributed by atoms with E-state index in [4.69, 9.17) is 5.73 Å². The first kappa shape index (κ1) is 13.9. The van der Waals surface area contributed by atoms with Gasteiger partial charge in [-0.1, -0.05) is 26.2 Å². The summed E-state index contributed by atoms with van der Waals surface area (Å²) in [7, 11) is -3.08. The molecule has 0 aromatic rings. The lowest BCUT2D eigenvalue weighted by molar-refractivity contribution is 0.261. The minimum Gasteiger partial charge on any atom is -0.330 e. The van der Waals surface area contributed by atoms with Gasteiger partial charge in [0.2, 0.25) is 10.0 Å². The van der Waals surface area contributed by atoms with Crippen molar-refractivity contribution in [1.82, 2.24) is 4.31 Å². The van der Waals surface area contributed by atoms with Crippen LogP contribution in [0.4, 0.5) is 0 Å². The Hall–Kier alpha value is -0.130. The van der Waals surface area contributed by atoms with Gasteiger partial charge in [0.1, 0.15) is 0 Å². The summed E-state index contributed by atoms with van der Waals surface area (Å²) >= 11 is 0. The number of nitrogens with two attached hydrogens (primary N) is 1. The van der Waals surface area contributed by atoms with Crippen molar-refractivity contribution >= 4 is 10.0 Å². The molecule has 0 atom stereocenters. The van der Waals surface area contributed by atoms with Gasteiger partial charge in [-0.3, -0.25) is 0 Å². The summed E-state index contributed by atoms with van der Waals surface area (Å²) < 4.78 is 25.9. The summed E-state index contributed by atoms with van der Waals surface area (Å²) in [5.74, 6) is 0.202. The summed E-state index contributed by atoms with van der Waals surface area (Å²) in [6.45, 7) is 2.97. The maximum Gasteiger partial charge on any atom is 0.214 e. The monoisotopic (exact) mass is 248 g/mol. The minimum atomic E-state index is -3.08. The van der Waals surface area contributed by atoms with E-state index >= 15 is 0 Å². The third kappa shape index (κ3) is 3.71. The maximum absolute atomic E-state index is 12.1. The lowest BCUT2D eigenvalue weighted by Crippen LogP contribution is -2.42. The molecule has 0 spiro atoms. The van der Waals surface area contributed by atoms with Gasteiger partial charge in [0, 0.05) is 12.6 Å². The minimum absolute atomic E-state index is 0.202. The molecule has 2 N–H and O–H groups in total. The van der Waals surface area contributed by atoms with Crippen LogP contribution in [-0.2, 0) is 10.0 Å². The topological polar surface area (TPSA) is 63.4 Å². The van der Waals surface area contributed by atoms with Crippen LogP contribution in [0.2, 0.25) is 0 Å². The Morgan fingerprint density at radius 1 is 1.25 bits per heavy atom. The normalized spacial score (nSPS) is 19.2. The first-order valence-electron chi connectivity index (χ1n) is 6.31. The summed E-state index contributed by atoms with van der Waals surface area (Å²) in [6.07, 6.45) is 6.18. The van der Waals surface area contributed by atoms with Crippen molar-refractivity contribution in [2.24, 2.45) is 5.73 Å². The average molecular weight is 248 g/mol. The van der Waals surface area contributed by atoms with Crippen LogP contribution >= 0.6 is 0 Å². The predicted octanol–water partition coefficient (Wildman–Crippen LogP) is 1.32. The molecule has 0 bridgehead atoms. The van der Waals surface area contributed by atoms with E-state index in [9.17, 15) is 8.42 Å². The van der Waals surface area contributed by atoms with Crippen LogP contribution in [0.15, 0.2) is 0 Å². The highest BCUT2D eigenvalue weighted by Gasteiger charge is 2.28. The molecule has 0 saturated heterocycles. The number of rotatable bonds is 6. The van der Waals surface area contributed by atoms with E-state index in [2.05, 4.69) is 0 Å². The van der Waals surface area contributed by atoms with E-state index in [-0.39, 0.29) is 11.8 Å². The van der Waals surface area contributed by atoms with Crippen LogP contribution in [-0.4, -0.2) is 37.6 Å². The third-order valence-electron chi connectivity index (χ3n) is 3.26. The molecule has 0 amide bonds. The molecule has 5 heteroatoms. The van der Waals surface area contributed by atoms with E-state index < -0.39 is 10.0 Å². The van der Waals surface area contributed by atoms with Crippen LogP contribution in [0.3, 0.4) is 0 Å². The first-order valence-corrected chi connectivity index (χ1v) is 7.92. The van der Waals surface area contributed by atoms with Crippen LogP contribution in [0.25, 0.3) is 0 Å². The van der Waals surface area contributed by atoms with E-state index in [0.717, 1.165) is 25.7 Å². The lowest BCUT2D eigenvalue weighted by Gasteiger charge is -2.32. The van der Waals surface area contributed by atoms with Gasteiger partial charge in [-0.2, -0.15) is 4.31 Å². The van der Waals surface area contributed by atoms with E-state index in [1.54, 1.807) is 4.31 Å². The van der Waals surface area contributed by atoms with Crippen molar-refractivity contribution < 1.29 is 8.42 Å². The SMILES string of the molecule is CCN(C1CCCCC1)S(=O)(=O)CCCN. The van der Waals surface area contributed by atoms with Crippen molar-refractivity contribution in [3.8, 4) is 0 Å². The molecule has 0 heterocycles. The molecule has 1 aliphatic rings. The highest BCUT2D eigenvalue weighted by atomic mass is 32.2. The summed E-state index contributed by atoms with van der Waals surface area (Å²) in [5.41, 5.74) is 5.37. The Labute approximate surface area is 99.2 Å².